The molecule has 0 aliphatic carbocycles. The molecule has 9 nitrogen and oxygen atoms in total. The standard InChI is InChI=1S/C16H22N4O5/c1-2-3-6-20(8-14(17)21)9-15(22)19-16(23)18-11-4-5-12-13(7-11)25-10-24-12/h4-5,7H,2-3,6,8-10H2,1H3,(H2,17,21)(H2,18,19,22,23). The van der Waals surface area contributed by atoms with Crippen LogP contribution in [0.25, 0.3) is 0 Å². The second-order valence-corrected chi connectivity index (χ2v) is 5.60. The maximum Gasteiger partial charge on any atom is 0.325 e. The fourth-order valence-electron chi connectivity index (χ4n) is 2.32. The maximum absolute atomic E-state index is 12.0. The van der Waals surface area contributed by atoms with Gasteiger partial charge in [0.15, 0.2) is 11.5 Å². The minimum absolute atomic E-state index is 0.0306. The molecule has 0 saturated carbocycles. The quantitative estimate of drug-likeness (QED) is 0.633. The lowest BCUT2D eigenvalue weighted by Gasteiger charge is -2.19. The normalized spacial score (nSPS) is 12.1. The Morgan fingerprint density at radius 3 is 2.68 bits per heavy atom. The average Bonchev–Trinajstić information content (AvgIpc) is 2.99. The van der Waals surface area contributed by atoms with Crippen molar-refractivity contribution in [1.29, 1.82) is 0 Å². The first kappa shape index (κ1) is 18.5. The Balaban J connectivity index is 1.84. The number of hydrogen-bond donors (Lipinski definition) is 3. The van der Waals surface area contributed by atoms with E-state index in [4.69, 9.17) is 15.2 Å². The van der Waals surface area contributed by atoms with Crippen LogP contribution in [-0.2, 0) is 9.59 Å². The first-order chi connectivity index (χ1) is 12.0. The third kappa shape index (κ3) is 5.96. The smallest absolute Gasteiger partial charge is 0.325 e. The fraction of sp³-hybridized carbons (Fsp3) is 0.438. The molecular formula is C16H22N4O5. The van der Waals surface area contributed by atoms with Crippen LogP contribution in [0.2, 0.25) is 0 Å². The number of benzene rings is 1. The number of hydrogen-bond acceptors (Lipinski definition) is 6. The summed E-state index contributed by atoms with van der Waals surface area (Å²) in [5.74, 6) is 0.0840. The zero-order chi connectivity index (χ0) is 18.2. The molecule has 0 fully saturated rings. The van der Waals surface area contributed by atoms with Crippen molar-refractivity contribution in [3.05, 3.63) is 18.2 Å². The molecular weight excluding hydrogens is 328 g/mol. The lowest BCUT2D eigenvalue weighted by molar-refractivity contribution is -0.123. The molecule has 0 radical (unpaired) electrons. The van der Waals surface area contributed by atoms with Crippen molar-refractivity contribution >= 4 is 23.5 Å². The third-order valence-electron chi connectivity index (χ3n) is 3.46. The molecule has 1 aromatic carbocycles. The molecule has 4 N–H and O–H groups in total. The molecule has 1 aromatic rings. The Hall–Kier alpha value is -2.81. The largest absolute Gasteiger partial charge is 0.454 e. The SMILES string of the molecule is CCCCN(CC(N)=O)CC(=O)NC(=O)Nc1ccc2c(c1)OCO2. The van der Waals surface area contributed by atoms with Crippen LogP contribution in [0.4, 0.5) is 10.5 Å². The van der Waals surface area contributed by atoms with Crippen molar-refractivity contribution in [2.24, 2.45) is 5.73 Å². The molecule has 2 rings (SSSR count). The highest BCUT2D eigenvalue weighted by molar-refractivity contribution is 6.02. The monoisotopic (exact) mass is 350 g/mol. The van der Waals surface area contributed by atoms with Crippen molar-refractivity contribution in [2.75, 3.05) is 31.7 Å². The van der Waals surface area contributed by atoms with Gasteiger partial charge in [0.2, 0.25) is 18.6 Å². The Bertz CT molecular complexity index is 649. The highest BCUT2D eigenvalue weighted by Crippen LogP contribution is 2.34. The molecule has 0 atom stereocenters. The van der Waals surface area contributed by atoms with Gasteiger partial charge in [-0.05, 0) is 25.1 Å². The zero-order valence-electron chi connectivity index (χ0n) is 14.0. The van der Waals surface area contributed by atoms with Gasteiger partial charge in [-0.25, -0.2) is 4.79 Å². The molecule has 136 valence electrons. The van der Waals surface area contributed by atoms with Gasteiger partial charge in [0.05, 0.1) is 13.1 Å². The zero-order valence-corrected chi connectivity index (χ0v) is 14.0. The first-order valence-electron chi connectivity index (χ1n) is 7.99. The molecule has 0 saturated heterocycles. The van der Waals surface area contributed by atoms with E-state index in [2.05, 4.69) is 10.6 Å². The van der Waals surface area contributed by atoms with E-state index in [9.17, 15) is 14.4 Å². The number of carbonyl (C=O) groups excluding carboxylic acids is 3. The number of unbranched alkanes of at least 4 members (excludes halogenated alkanes) is 1. The highest BCUT2D eigenvalue weighted by atomic mass is 16.7. The highest BCUT2D eigenvalue weighted by Gasteiger charge is 2.17. The van der Waals surface area contributed by atoms with Gasteiger partial charge in [0, 0.05) is 11.8 Å². The van der Waals surface area contributed by atoms with E-state index in [1.807, 2.05) is 6.92 Å². The summed E-state index contributed by atoms with van der Waals surface area (Å²) in [5.41, 5.74) is 5.64. The minimum Gasteiger partial charge on any atom is -0.454 e. The Kier molecular flexibility index (Phi) is 6.58. The van der Waals surface area contributed by atoms with Crippen LogP contribution in [0, 0.1) is 0 Å². The van der Waals surface area contributed by atoms with E-state index in [1.165, 1.54) is 0 Å². The number of ether oxygens (including phenoxy) is 2. The Morgan fingerprint density at radius 2 is 1.96 bits per heavy atom. The summed E-state index contributed by atoms with van der Waals surface area (Å²) in [6.45, 7) is 2.57. The van der Waals surface area contributed by atoms with E-state index >= 15 is 0 Å². The summed E-state index contributed by atoms with van der Waals surface area (Å²) in [7, 11) is 0. The van der Waals surface area contributed by atoms with Gasteiger partial charge in [0.25, 0.3) is 0 Å². The van der Waals surface area contributed by atoms with Gasteiger partial charge in [-0.15, -0.1) is 0 Å². The lowest BCUT2D eigenvalue weighted by atomic mass is 10.3. The molecule has 25 heavy (non-hydrogen) atoms. The Morgan fingerprint density at radius 1 is 1.20 bits per heavy atom. The van der Waals surface area contributed by atoms with Crippen molar-refractivity contribution in [3.63, 3.8) is 0 Å². The fourth-order valence-corrected chi connectivity index (χ4v) is 2.32. The molecule has 9 heteroatoms. The van der Waals surface area contributed by atoms with Gasteiger partial charge >= 0.3 is 6.03 Å². The number of imide groups is 1. The van der Waals surface area contributed by atoms with Crippen molar-refractivity contribution in [2.45, 2.75) is 19.8 Å². The number of nitrogens with two attached hydrogens (primary N) is 1. The predicted molar refractivity (Wildman–Crippen MR) is 90.3 cm³/mol. The molecule has 0 spiro atoms. The summed E-state index contributed by atoms with van der Waals surface area (Å²) in [4.78, 5) is 36.6. The predicted octanol–water partition coefficient (Wildman–Crippen LogP) is 0.651. The van der Waals surface area contributed by atoms with Crippen LogP contribution in [0.1, 0.15) is 19.8 Å². The number of rotatable bonds is 8. The van der Waals surface area contributed by atoms with Gasteiger partial charge in [-0.2, -0.15) is 0 Å². The molecule has 0 unspecified atom stereocenters. The number of urea groups is 1. The van der Waals surface area contributed by atoms with E-state index < -0.39 is 17.8 Å². The van der Waals surface area contributed by atoms with Crippen LogP contribution < -0.4 is 25.8 Å². The molecule has 1 aliphatic heterocycles. The van der Waals surface area contributed by atoms with Crippen molar-refractivity contribution in [3.8, 4) is 11.5 Å². The van der Waals surface area contributed by atoms with Crippen LogP contribution in [0.3, 0.4) is 0 Å². The van der Waals surface area contributed by atoms with Crippen molar-refractivity contribution in [1.82, 2.24) is 10.2 Å². The summed E-state index contributed by atoms with van der Waals surface area (Å²) in [6, 6.07) is 4.24. The van der Waals surface area contributed by atoms with Gasteiger partial charge < -0.3 is 20.5 Å². The van der Waals surface area contributed by atoms with Crippen LogP contribution >= 0.6 is 0 Å². The summed E-state index contributed by atoms with van der Waals surface area (Å²) >= 11 is 0. The number of anilines is 1. The summed E-state index contributed by atoms with van der Waals surface area (Å²) in [6.07, 6.45) is 1.74. The first-order valence-corrected chi connectivity index (χ1v) is 7.99. The van der Waals surface area contributed by atoms with Gasteiger partial charge in [-0.3, -0.25) is 19.8 Å². The molecule has 0 aromatic heterocycles. The second-order valence-electron chi connectivity index (χ2n) is 5.60. The number of carbonyl (C=O) groups is 3. The summed E-state index contributed by atoms with van der Waals surface area (Å²) < 4.78 is 10.4. The topological polar surface area (TPSA) is 123 Å². The van der Waals surface area contributed by atoms with Crippen LogP contribution in [0.15, 0.2) is 18.2 Å². The molecule has 4 amide bonds. The number of primary amides is 1. The van der Waals surface area contributed by atoms with E-state index in [1.54, 1.807) is 23.1 Å². The number of nitrogens with one attached hydrogen (secondary N) is 2. The number of nitrogens with zero attached hydrogens (tertiary/aromatic N) is 1. The van der Waals surface area contributed by atoms with E-state index in [0.717, 1.165) is 12.8 Å². The Labute approximate surface area is 145 Å². The van der Waals surface area contributed by atoms with Crippen LogP contribution in [-0.4, -0.2) is 49.2 Å². The average molecular weight is 350 g/mol. The minimum atomic E-state index is -0.668. The second kappa shape index (κ2) is 8.88. The molecule has 1 aliphatic rings. The van der Waals surface area contributed by atoms with Crippen molar-refractivity contribution < 1.29 is 23.9 Å². The third-order valence-corrected chi connectivity index (χ3v) is 3.46. The van der Waals surface area contributed by atoms with E-state index in [0.29, 0.717) is 23.7 Å². The summed E-state index contributed by atoms with van der Waals surface area (Å²) in [5, 5.41) is 4.76. The number of fused-ring (bicyclic) bond motifs is 1. The lowest BCUT2D eigenvalue weighted by Crippen LogP contribution is -2.44. The van der Waals surface area contributed by atoms with Gasteiger partial charge in [-0.1, -0.05) is 13.3 Å². The molecule has 1 heterocycles. The van der Waals surface area contributed by atoms with E-state index in [-0.39, 0.29) is 19.9 Å². The molecule has 0 bridgehead atoms. The maximum atomic E-state index is 12.0. The number of amides is 4. The van der Waals surface area contributed by atoms with Gasteiger partial charge in [0.1, 0.15) is 0 Å². The van der Waals surface area contributed by atoms with Crippen LogP contribution in [0.5, 0.6) is 11.5 Å².